The van der Waals surface area contributed by atoms with E-state index < -0.39 is 0 Å². The molecule has 1 aromatic carbocycles. The van der Waals surface area contributed by atoms with Gasteiger partial charge < -0.3 is 0 Å². The molecule has 0 aliphatic heterocycles. The monoisotopic (exact) mass is 292 g/mol. The predicted molar refractivity (Wildman–Crippen MR) is 66.7 cm³/mol. The molecular formula is C11H9BrN4O. The first-order valence-electron chi connectivity index (χ1n) is 4.88. The molecule has 0 aliphatic carbocycles. The van der Waals surface area contributed by atoms with Crippen molar-refractivity contribution in [3.8, 4) is 0 Å². The number of hydrogen-bond acceptors (Lipinski definition) is 4. The molecule has 2 rings (SSSR count). The molecule has 0 fully saturated rings. The molecule has 5 nitrogen and oxygen atoms in total. The van der Waals surface area contributed by atoms with Gasteiger partial charge in [-0.1, -0.05) is 12.1 Å². The maximum Gasteiger partial charge on any atom is 0.259 e. The van der Waals surface area contributed by atoms with Crippen LogP contribution < -0.4 is 5.32 Å². The molecule has 0 radical (unpaired) electrons. The maximum absolute atomic E-state index is 11.9. The number of benzene rings is 1. The normalized spacial score (nSPS) is 10.0. The number of aryl methyl sites for hydroxylation is 1. The lowest BCUT2D eigenvalue weighted by molar-refractivity contribution is 0.102. The lowest BCUT2D eigenvalue weighted by Crippen LogP contribution is -2.15. The number of rotatable bonds is 2. The van der Waals surface area contributed by atoms with E-state index in [0.29, 0.717) is 5.56 Å². The Morgan fingerprint density at radius 1 is 1.35 bits per heavy atom. The fraction of sp³-hybridized carbons (Fsp3) is 0.0909. The van der Waals surface area contributed by atoms with Crippen molar-refractivity contribution < 1.29 is 4.79 Å². The summed E-state index contributed by atoms with van der Waals surface area (Å²) in [6.45, 7) is 1.92. The van der Waals surface area contributed by atoms with Crippen LogP contribution in [0.1, 0.15) is 15.9 Å². The topological polar surface area (TPSA) is 67.8 Å². The number of aromatic nitrogens is 3. The zero-order valence-electron chi connectivity index (χ0n) is 9.01. The highest BCUT2D eigenvalue weighted by molar-refractivity contribution is 9.10. The van der Waals surface area contributed by atoms with Crippen molar-refractivity contribution in [3.05, 3.63) is 46.2 Å². The van der Waals surface area contributed by atoms with Crippen LogP contribution in [0.5, 0.6) is 0 Å². The van der Waals surface area contributed by atoms with Crippen LogP contribution in [-0.4, -0.2) is 21.1 Å². The highest BCUT2D eigenvalue weighted by Crippen LogP contribution is 2.21. The smallest absolute Gasteiger partial charge is 0.259 e. The number of carbonyl (C=O) groups is 1. The Morgan fingerprint density at radius 3 is 2.88 bits per heavy atom. The van der Waals surface area contributed by atoms with Crippen LogP contribution in [0, 0.1) is 6.92 Å². The lowest BCUT2D eigenvalue weighted by Gasteiger charge is -2.06. The van der Waals surface area contributed by atoms with Crippen molar-refractivity contribution in [2.45, 2.75) is 6.92 Å². The Bertz CT molecular complexity index is 544. The summed E-state index contributed by atoms with van der Waals surface area (Å²) in [6.07, 6.45) is 2.91. The Morgan fingerprint density at radius 2 is 2.18 bits per heavy atom. The van der Waals surface area contributed by atoms with E-state index in [4.69, 9.17) is 0 Å². The number of amides is 1. The standard InChI is InChI=1S/C11H9BrN4O/c1-7-3-2-4-8(9(7)12)10(17)15-11-13-5-6-14-16-11/h2-6H,1H3,(H,13,15,16,17). The van der Waals surface area contributed by atoms with Gasteiger partial charge in [0.25, 0.3) is 5.91 Å². The molecule has 0 bridgehead atoms. The Kier molecular flexibility index (Phi) is 3.43. The first kappa shape index (κ1) is 11.7. The summed E-state index contributed by atoms with van der Waals surface area (Å²) < 4.78 is 0.765. The van der Waals surface area contributed by atoms with Crippen LogP contribution in [0.4, 0.5) is 5.95 Å². The molecule has 0 saturated carbocycles. The molecule has 6 heteroatoms. The highest BCUT2D eigenvalue weighted by Gasteiger charge is 2.12. The molecule has 1 N–H and O–H groups in total. The highest BCUT2D eigenvalue weighted by atomic mass is 79.9. The van der Waals surface area contributed by atoms with E-state index in [9.17, 15) is 4.79 Å². The summed E-state index contributed by atoms with van der Waals surface area (Å²) in [5.41, 5.74) is 1.53. The number of hydrogen-bond donors (Lipinski definition) is 1. The molecule has 1 amide bonds. The van der Waals surface area contributed by atoms with E-state index in [1.807, 2.05) is 19.1 Å². The zero-order chi connectivity index (χ0) is 12.3. The van der Waals surface area contributed by atoms with Crippen LogP contribution in [0.3, 0.4) is 0 Å². The second-order valence-corrected chi connectivity index (χ2v) is 4.15. The summed E-state index contributed by atoms with van der Waals surface area (Å²) in [5, 5.41) is 9.89. The second kappa shape index (κ2) is 5.01. The summed E-state index contributed by atoms with van der Waals surface area (Å²) >= 11 is 3.38. The average molecular weight is 293 g/mol. The van der Waals surface area contributed by atoms with E-state index in [1.54, 1.807) is 6.07 Å². The predicted octanol–water partition coefficient (Wildman–Crippen LogP) is 2.19. The molecule has 86 valence electrons. The lowest BCUT2D eigenvalue weighted by atomic mass is 10.1. The van der Waals surface area contributed by atoms with Gasteiger partial charge in [-0.2, -0.15) is 5.10 Å². The molecule has 0 atom stereocenters. The molecular weight excluding hydrogens is 284 g/mol. The molecule has 17 heavy (non-hydrogen) atoms. The van der Waals surface area contributed by atoms with E-state index in [0.717, 1.165) is 10.0 Å². The third-order valence-electron chi connectivity index (χ3n) is 2.14. The fourth-order valence-electron chi connectivity index (χ4n) is 1.30. The van der Waals surface area contributed by atoms with Crippen molar-refractivity contribution in [1.29, 1.82) is 0 Å². The van der Waals surface area contributed by atoms with Gasteiger partial charge >= 0.3 is 0 Å². The van der Waals surface area contributed by atoms with Crippen molar-refractivity contribution in [2.75, 3.05) is 5.32 Å². The number of nitrogens with zero attached hydrogens (tertiary/aromatic N) is 3. The average Bonchev–Trinajstić information content (AvgIpc) is 2.34. The molecule has 0 saturated heterocycles. The molecule has 2 aromatic rings. The minimum atomic E-state index is -0.270. The molecule has 1 heterocycles. The van der Waals surface area contributed by atoms with Gasteiger partial charge in [0.1, 0.15) is 0 Å². The quantitative estimate of drug-likeness (QED) is 0.921. The fourth-order valence-corrected chi connectivity index (χ4v) is 1.74. The third kappa shape index (κ3) is 2.65. The second-order valence-electron chi connectivity index (χ2n) is 3.36. The minimum absolute atomic E-state index is 0.186. The van der Waals surface area contributed by atoms with Crippen molar-refractivity contribution in [2.24, 2.45) is 0 Å². The number of anilines is 1. The third-order valence-corrected chi connectivity index (χ3v) is 3.20. The molecule has 1 aromatic heterocycles. The van der Waals surface area contributed by atoms with Crippen molar-refractivity contribution >= 4 is 27.8 Å². The van der Waals surface area contributed by atoms with Crippen LogP contribution >= 0.6 is 15.9 Å². The van der Waals surface area contributed by atoms with E-state index in [2.05, 4.69) is 36.4 Å². The van der Waals surface area contributed by atoms with Gasteiger partial charge in [-0.3, -0.25) is 10.1 Å². The van der Waals surface area contributed by atoms with Gasteiger partial charge in [0.2, 0.25) is 5.95 Å². The van der Waals surface area contributed by atoms with Gasteiger partial charge in [0.05, 0.1) is 18.0 Å². The number of halogens is 1. The SMILES string of the molecule is Cc1cccc(C(=O)Nc2nccnn2)c1Br. The van der Waals surface area contributed by atoms with Gasteiger partial charge in [-0.15, -0.1) is 5.10 Å². The Balaban J connectivity index is 2.24. The summed E-state index contributed by atoms with van der Waals surface area (Å²) in [6, 6.07) is 5.46. The van der Waals surface area contributed by atoms with Crippen LogP contribution in [0.2, 0.25) is 0 Å². The number of carbonyl (C=O) groups excluding carboxylic acids is 1. The first-order valence-corrected chi connectivity index (χ1v) is 5.68. The Labute approximate surface area is 106 Å². The van der Waals surface area contributed by atoms with Crippen LogP contribution in [0.15, 0.2) is 35.1 Å². The van der Waals surface area contributed by atoms with Crippen molar-refractivity contribution in [1.82, 2.24) is 15.2 Å². The maximum atomic E-state index is 11.9. The van der Waals surface area contributed by atoms with E-state index >= 15 is 0 Å². The summed E-state index contributed by atoms with van der Waals surface area (Å²) in [7, 11) is 0. The minimum Gasteiger partial charge on any atom is -0.289 e. The van der Waals surface area contributed by atoms with Gasteiger partial charge in [0, 0.05) is 4.47 Å². The van der Waals surface area contributed by atoms with Gasteiger partial charge in [0.15, 0.2) is 0 Å². The van der Waals surface area contributed by atoms with Gasteiger partial charge in [-0.25, -0.2) is 4.98 Å². The molecule has 0 unspecified atom stereocenters. The van der Waals surface area contributed by atoms with Crippen LogP contribution in [0.25, 0.3) is 0 Å². The summed E-state index contributed by atoms with van der Waals surface area (Å²) in [5.74, 6) is -0.0838. The van der Waals surface area contributed by atoms with E-state index in [-0.39, 0.29) is 11.9 Å². The Hall–Kier alpha value is -1.82. The van der Waals surface area contributed by atoms with Crippen molar-refractivity contribution in [3.63, 3.8) is 0 Å². The molecule has 0 spiro atoms. The van der Waals surface area contributed by atoms with Gasteiger partial charge in [-0.05, 0) is 34.5 Å². The largest absolute Gasteiger partial charge is 0.289 e. The van der Waals surface area contributed by atoms with E-state index in [1.165, 1.54) is 12.4 Å². The van der Waals surface area contributed by atoms with Crippen LogP contribution in [-0.2, 0) is 0 Å². The molecule has 0 aliphatic rings. The zero-order valence-corrected chi connectivity index (χ0v) is 10.6. The summed E-state index contributed by atoms with van der Waals surface area (Å²) in [4.78, 5) is 15.8. The first-order chi connectivity index (χ1) is 8.18. The number of nitrogens with one attached hydrogen (secondary N) is 1.